The molecule has 0 amide bonds. The number of carbonyl (C=O) groups is 1. The third kappa shape index (κ3) is 3.67. The van der Waals surface area contributed by atoms with Crippen LogP contribution in [0.1, 0.15) is 43.7 Å². The average Bonchev–Trinajstić information content (AvgIpc) is 2.99. The van der Waals surface area contributed by atoms with Gasteiger partial charge in [-0.3, -0.25) is 9.36 Å². The van der Waals surface area contributed by atoms with Gasteiger partial charge in [-0.25, -0.2) is 9.78 Å². The van der Waals surface area contributed by atoms with Gasteiger partial charge in [0.15, 0.2) is 0 Å². The molecule has 2 atom stereocenters. The highest BCUT2D eigenvalue weighted by molar-refractivity contribution is 7.19. The summed E-state index contributed by atoms with van der Waals surface area (Å²) in [7, 11) is 0. The molecule has 0 unspecified atom stereocenters. The van der Waals surface area contributed by atoms with E-state index >= 15 is 0 Å². The molecule has 0 saturated carbocycles. The number of esters is 1. The lowest BCUT2D eigenvalue weighted by atomic mass is 10.0. The molecule has 0 spiro atoms. The molecule has 0 aliphatic carbocycles. The van der Waals surface area contributed by atoms with Crippen molar-refractivity contribution >= 4 is 27.5 Å². The Balaban J connectivity index is 2.11. The van der Waals surface area contributed by atoms with Crippen molar-refractivity contribution in [2.45, 2.75) is 53.2 Å². The summed E-state index contributed by atoms with van der Waals surface area (Å²) in [4.78, 5) is 31.8. The highest BCUT2D eigenvalue weighted by Gasteiger charge is 2.23. The van der Waals surface area contributed by atoms with Gasteiger partial charge in [-0.15, -0.1) is 11.3 Å². The van der Waals surface area contributed by atoms with Gasteiger partial charge in [-0.2, -0.15) is 0 Å². The number of benzene rings is 1. The topological polar surface area (TPSA) is 61.2 Å². The zero-order valence-corrected chi connectivity index (χ0v) is 17.1. The van der Waals surface area contributed by atoms with Crippen LogP contribution in [0.4, 0.5) is 0 Å². The number of aromatic nitrogens is 2. The molecule has 2 aromatic heterocycles. The Morgan fingerprint density at radius 3 is 2.52 bits per heavy atom. The molecule has 0 aliphatic heterocycles. The van der Waals surface area contributed by atoms with Crippen molar-refractivity contribution in [2.24, 2.45) is 0 Å². The molecule has 0 saturated heterocycles. The standard InChI is InChI=1S/C21H24N2O3S/c1-6-13(3)26-21(25)14(4)23-11-22-19-18(20(23)24)17(15(5)27-19)16-9-7-12(2)8-10-16/h7-11,13-14H,6H2,1-5H3/t13-,14+/m0/s1. The van der Waals surface area contributed by atoms with E-state index in [1.165, 1.54) is 22.2 Å². The van der Waals surface area contributed by atoms with Crippen LogP contribution < -0.4 is 5.56 Å². The molecule has 142 valence electrons. The molecule has 0 aliphatic rings. The predicted molar refractivity (Wildman–Crippen MR) is 109 cm³/mol. The Labute approximate surface area is 162 Å². The molecule has 3 rings (SSSR count). The van der Waals surface area contributed by atoms with E-state index in [1.807, 2.05) is 52.0 Å². The lowest BCUT2D eigenvalue weighted by molar-refractivity contribution is -0.152. The molecule has 27 heavy (non-hydrogen) atoms. The maximum absolute atomic E-state index is 13.2. The first kappa shape index (κ1) is 19.3. The number of fused-ring (bicyclic) bond motifs is 1. The first-order valence-electron chi connectivity index (χ1n) is 9.11. The summed E-state index contributed by atoms with van der Waals surface area (Å²) in [6.07, 6.45) is 1.99. The van der Waals surface area contributed by atoms with E-state index in [9.17, 15) is 9.59 Å². The number of carbonyl (C=O) groups excluding carboxylic acids is 1. The molecule has 1 aromatic carbocycles. The number of nitrogens with zero attached hydrogens (tertiary/aromatic N) is 2. The van der Waals surface area contributed by atoms with Gasteiger partial charge in [0.25, 0.3) is 5.56 Å². The summed E-state index contributed by atoms with van der Waals surface area (Å²) in [5.41, 5.74) is 2.82. The Bertz CT molecular complexity index is 1030. The summed E-state index contributed by atoms with van der Waals surface area (Å²) in [6, 6.07) is 7.36. The minimum absolute atomic E-state index is 0.182. The summed E-state index contributed by atoms with van der Waals surface area (Å²) in [5.74, 6) is -0.420. The summed E-state index contributed by atoms with van der Waals surface area (Å²) in [6.45, 7) is 9.48. The molecule has 6 heteroatoms. The predicted octanol–water partition coefficient (Wildman–Crippen LogP) is 4.64. The van der Waals surface area contributed by atoms with Crippen LogP contribution >= 0.6 is 11.3 Å². The number of hydrogen-bond donors (Lipinski definition) is 0. The molecular formula is C21H24N2O3S. The van der Waals surface area contributed by atoms with E-state index in [4.69, 9.17) is 4.74 Å². The molecule has 0 bridgehead atoms. The van der Waals surface area contributed by atoms with Crippen LogP contribution in [-0.4, -0.2) is 21.6 Å². The Hall–Kier alpha value is -2.47. The first-order chi connectivity index (χ1) is 12.8. The fourth-order valence-electron chi connectivity index (χ4n) is 2.95. The monoisotopic (exact) mass is 384 g/mol. The molecule has 0 radical (unpaired) electrons. The van der Waals surface area contributed by atoms with Crippen LogP contribution in [0.25, 0.3) is 21.3 Å². The lowest BCUT2D eigenvalue weighted by Crippen LogP contribution is -2.31. The zero-order chi connectivity index (χ0) is 19.7. The fourth-order valence-corrected chi connectivity index (χ4v) is 3.96. The fraction of sp³-hybridized carbons (Fsp3) is 0.381. The smallest absolute Gasteiger partial charge is 0.329 e. The first-order valence-corrected chi connectivity index (χ1v) is 9.92. The van der Waals surface area contributed by atoms with Gasteiger partial charge in [0.1, 0.15) is 10.9 Å². The number of hydrogen-bond acceptors (Lipinski definition) is 5. The van der Waals surface area contributed by atoms with Crippen molar-refractivity contribution in [3.05, 3.63) is 51.4 Å². The number of ether oxygens (including phenoxy) is 1. The Kier molecular flexibility index (Phi) is 5.46. The van der Waals surface area contributed by atoms with Gasteiger partial charge >= 0.3 is 5.97 Å². The number of thiophene rings is 1. The summed E-state index contributed by atoms with van der Waals surface area (Å²) in [5, 5.41) is 0.562. The van der Waals surface area contributed by atoms with Crippen molar-refractivity contribution in [2.75, 3.05) is 0 Å². The van der Waals surface area contributed by atoms with Crippen molar-refractivity contribution in [1.82, 2.24) is 9.55 Å². The number of aryl methyl sites for hydroxylation is 2. The maximum atomic E-state index is 13.2. The van der Waals surface area contributed by atoms with Gasteiger partial charge in [-0.1, -0.05) is 36.8 Å². The van der Waals surface area contributed by atoms with Crippen molar-refractivity contribution in [3.8, 4) is 11.1 Å². The highest BCUT2D eigenvalue weighted by Crippen LogP contribution is 2.35. The third-order valence-corrected chi connectivity index (χ3v) is 5.82. The highest BCUT2D eigenvalue weighted by atomic mass is 32.1. The van der Waals surface area contributed by atoms with E-state index in [0.717, 1.165) is 28.0 Å². The lowest BCUT2D eigenvalue weighted by Gasteiger charge is -2.17. The van der Waals surface area contributed by atoms with E-state index in [1.54, 1.807) is 6.92 Å². The van der Waals surface area contributed by atoms with Crippen LogP contribution in [0.5, 0.6) is 0 Å². The van der Waals surface area contributed by atoms with Crippen LogP contribution in [0.15, 0.2) is 35.4 Å². The van der Waals surface area contributed by atoms with Crippen LogP contribution in [0, 0.1) is 13.8 Å². The molecule has 3 aromatic rings. The van der Waals surface area contributed by atoms with E-state index in [2.05, 4.69) is 4.98 Å². The van der Waals surface area contributed by atoms with E-state index in [0.29, 0.717) is 10.2 Å². The molecule has 2 heterocycles. The second-order valence-electron chi connectivity index (χ2n) is 6.87. The van der Waals surface area contributed by atoms with Gasteiger partial charge < -0.3 is 4.74 Å². The van der Waals surface area contributed by atoms with Gasteiger partial charge in [0.2, 0.25) is 0 Å². The van der Waals surface area contributed by atoms with E-state index in [-0.39, 0.29) is 11.7 Å². The minimum Gasteiger partial charge on any atom is -0.461 e. The molecular weight excluding hydrogens is 360 g/mol. The van der Waals surface area contributed by atoms with Gasteiger partial charge in [0.05, 0.1) is 17.8 Å². The second kappa shape index (κ2) is 7.64. The molecule has 0 N–H and O–H groups in total. The largest absolute Gasteiger partial charge is 0.461 e. The maximum Gasteiger partial charge on any atom is 0.329 e. The van der Waals surface area contributed by atoms with Gasteiger partial charge in [-0.05, 0) is 39.7 Å². The van der Waals surface area contributed by atoms with Crippen LogP contribution in [0.3, 0.4) is 0 Å². The minimum atomic E-state index is -0.727. The Morgan fingerprint density at radius 1 is 1.22 bits per heavy atom. The van der Waals surface area contributed by atoms with Crippen LogP contribution in [-0.2, 0) is 9.53 Å². The quantitative estimate of drug-likeness (QED) is 0.601. The molecule has 5 nitrogen and oxygen atoms in total. The summed E-state index contributed by atoms with van der Waals surface area (Å²) >= 11 is 1.49. The zero-order valence-electron chi connectivity index (χ0n) is 16.3. The van der Waals surface area contributed by atoms with E-state index < -0.39 is 12.0 Å². The molecule has 0 fully saturated rings. The van der Waals surface area contributed by atoms with Crippen molar-refractivity contribution in [3.63, 3.8) is 0 Å². The number of rotatable bonds is 5. The van der Waals surface area contributed by atoms with Crippen LogP contribution in [0.2, 0.25) is 0 Å². The third-order valence-electron chi connectivity index (χ3n) is 4.80. The Morgan fingerprint density at radius 2 is 1.89 bits per heavy atom. The summed E-state index contributed by atoms with van der Waals surface area (Å²) < 4.78 is 6.76. The van der Waals surface area contributed by atoms with Crippen molar-refractivity contribution in [1.29, 1.82) is 0 Å². The van der Waals surface area contributed by atoms with Gasteiger partial charge in [0, 0.05) is 10.4 Å². The van der Waals surface area contributed by atoms with Crippen molar-refractivity contribution < 1.29 is 9.53 Å². The second-order valence-corrected chi connectivity index (χ2v) is 8.07. The SMILES string of the molecule is CC[C@H](C)OC(=O)[C@@H](C)n1cnc2sc(C)c(-c3ccc(C)cc3)c2c1=O. The average molecular weight is 385 g/mol. The normalized spacial score (nSPS) is 13.5.